The van der Waals surface area contributed by atoms with E-state index in [1.807, 2.05) is 67.3 Å². The number of ether oxygens (including phenoxy) is 1. The topological polar surface area (TPSA) is 61.9 Å². The van der Waals surface area contributed by atoms with Crippen molar-refractivity contribution in [2.24, 2.45) is 0 Å². The lowest BCUT2D eigenvalue weighted by Crippen LogP contribution is -2.49. The summed E-state index contributed by atoms with van der Waals surface area (Å²) >= 11 is 1.73. The van der Waals surface area contributed by atoms with Gasteiger partial charge in [0.15, 0.2) is 0 Å². The van der Waals surface area contributed by atoms with Crippen LogP contribution in [0.15, 0.2) is 60.0 Å². The third kappa shape index (κ3) is 5.51. The maximum Gasteiger partial charge on any atom is 0.322 e. The summed E-state index contributed by atoms with van der Waals surface area (Å²) in [5.41, 5.74) is 4.21. The number of anilines is 1. The van der Waals surface area contributed by atoms with Crippen LogP contribution in [0.3, 0.4) is 0 Å². The molecule has 3 amide bonds. The Labute approximate surface area is 210 Å². The highest BCUT2D eigenvalue weighted by Crippen LogP contribution is 2.35. The third-order valence-corrected chi connectivity index (χ3v) is 7.70. The minimum Gasteiger partial charge on any atom is -0.491 e. The number of urea groups is 1. The van der Waals surface area contributed by atoms with E-state index in [2.05, 4.69) is 16.8 Å². The van der Waals surface area contributed by atoms with Gasteiger partial charge in [0.2, 0.25) is 5.91 Å². The van der Waals surface area contributed by atoms with Gasteiger partial charge in [-0.1, -0.05) is 35.4 Å². The third-order valence-electron chi connectivity index (χ3n) is 6.70. The highest BCUT2D eigenvalue weighted by atomic mass is 32.1. The molecule has 3 aromatic rings. The average Bonchev–Trinajstić information content (AvgIpc) is 3.58. The number of benzene rings is 2. The molecule has 7 heteroatoms. The summed E-state index contributed by atoms with van der Waals surface area (Å²) in [7, 11) is 0. The van der Waals surface area contributed by atoms with E-state index in [4.69, 9.17) is 4.74 Å². The van der Waals surface area contributed by atoms with Crippen LogP contribution in [-0.4, -0.2) is 47.5 Å². The first-order valence-corrected chi connectivity index (χ1v) is 13.1. The Morgan fingerprint density at radius 2 is 1.71 bits per heavy atom. The summed E-state index contributed by atoms with van der Waals surface area (Å²) in [6.07, 6.45) is 2.70. The molecule has 182 valence electrons. The quantitative estimate of drug-likeness (QED) is 0.472. The lowest BCUT2D eigenvalue weighted by molar-refractivity contribution is -0.135. The smallest absolute Gasteiger partial charge is 0.322 e. The lowest BCUT2D eigenvalue weighted by atomic mass is 10.0. The number of aryl methyl sites for hydroxylation is 2. The molecule has 0 bridgehead atoms. The molecule has 0 spiro atoms. The number of nitrogens with one attached hydrogen (secondary N) is 1. The van der Waals surface area contributed by atoms with Crippen molar-refractivity contribution >= 4 is 29.0 Å². The molecular weight excluding hydrogens is 458 g/mol. The van der Waals surface area contributed by atoms with Crippen molar-refractivity contribution < 1.29 is 14.3 Å². The van der Waals surface area contributed by atoms with E-state index in [1.165, 1.54) is 10.4 Å². The van der Waals surface area contributed by atoms with Crippen LogP contribution in [0, 0.1) is 13.8 Å². The molecule has 1 fully saturated rings. The molecule has 1 atom stereocenters. The Hall–Kier alpha value is -3.32. The number of thiophene rings is 1. The molecule has 1 aliphatic carbocycles. The summed E-state index contributed by atoms with van der Waals surface area (Å²) < 4.78 is 6.13. The van der Waals surface area contributed by atoms with E-state index >= 15 is 0 Å². The van der Waals surface area contributed by atoms with Crippen LogP contribution in [0.4, 0.5) is 10.5 Å². The average molecular weight is 490 g/mol. The fourth-order valence-electron chi connectivity index (χ4n) is 4.51. The van der Waals surface area contributed by atoms with Crippen molar-refractivity contribution in [1.82, 2.24) is 9.80 Å². The van der Waals surface area contributed by atoms with Crippen molar-refractivity contribution in [3.05, 3.63) is 81.5 Å². The summed E-state index contributed by atoms with van der Waals surface area (Å²) in [5, 5.41) is 5.05. The van der Waals surface area contributed by atoms with E-state index in [-0.39, 0.29) is 30.6 Å². The molecule has 35 heavy (non-hydrogen) atoms. The second kappa shape index (κ2) is 10.1. The molecule has 1 N–H and O–H groups in total. The molecule has 1 aromatic heterocycles. The number of hydrogen-bond acceptors (Lipinski definition) is 4. The summed E-state index contributed by atoms with van der Waals surface area (Å²) in [6.45, 7) is 5.15. The van der Waals surface area contributed by atoms with Gasteiger partial charge in [0.25, 0.3) is 0 Å². The van der Waals surface area contributed by atoms with Gasteiger partial charge < -0.3 is 19.9 Å². The zero-order chi connectivity index (χ0) is 24.4. The van der Waals surface area contributed by atoms with E-state index in [0.717, 1.165) is 41.8 Å². The number of carbonyl (C=O) groups is 2. The number of amides is 3. The van der Waals surface area contributed by atoms with Crippen LogP contribution in [0.1, 0.15) is 40.5 Å². The minimum atomic E-state index is -0.217. The van der Waals surface area contributed by atoms with Crippen molar-refractivity contribution in [3.63, 3.8) is 0 Å². The largest absolute Gasteiger partial charge is 0.491 e. The predicted octanol–water partition coefficient (Wildman–Crippen LogP) is 5.57. The minimum absolute atomic E-state index is 0.0367. The van der Waals surface area contributed by atoms with Crippen molar-refractivity contribution in [2.75, 3.05) is 25.0 Å². The van der Waals surface area contributed by atoms with Gasteiger partial charge in [-0.2, -0.15) is 0 Å². The molecule has 2 aromatic carbocycles. The highest BCUT2D eigenvalue weighted by molar-refractivity contribution is 7.10. The summed E-state index contributed by atoms with van der Waals surface area (Å²) in [6, 6.07) is 17.5. The Morgan fingerprint density at radius 3 is 2.40 bits per heavy atom. The van der Waals surface area contributed by atoms with Gasteiger partial charge in [-0.25, -0.2) is 4.79 Å². The lowest BCUT2D eigenvalue weighted by Gasteiger charge is -2.37. The normalized spacial score (nSPS) is 17.0. The van der Waals surface area contributed by atoms with Crippen LogP contribution in [0.2, 0.25) is 0 Å². The van der Waals surface area contributed by atoms with E-state index in [9.17, 15) is 9.59 Å². The van der Waals surface area contributed by atoms with Crippen LogP contribution < -0.4 is 10.1 Å². The van der Waals surface area contributed by atoms with E-state index in [0.29, 0.717) is 13.2 Å². The molecule has 2 aliphatic rings. The second-order valence-electron chi connectivity index (χ2n) is 9.43. The monoisotopic (exact) mass is 489 g/mol. The maximum absolute atomic E-state index is 13.6. The highest BCUT2D eigenvalue weighted by Gasteiger charge is 2.38. The fourth-order valence-corrected chi connectivity index (χ4v) is 5.43. The van der Waals surface area contributed by atoms with Gasteiger partial charge >= 0.3 is 6.03 Å². The van der Waals surface area contributed by atoms with Crippen LogP contribution in [0.5, 0.6) is 5.75 Å². The predicted molar refractivity (Wildman–Crippen MR) is 139 cm³/mol. The molecule has 0 saturated heterocycles. The van der Waals surface area contributed by atoms with Gasteiger partial charge in [-0.15, -0.1) is 11.3 Å². The zero-order valence-corrected chi connectivity index (χ0v) is 21.0. The van der Waals surface area contributed by atoms with Crippen LogP contribution in [0.25, 0.3) is 0 Å². The van der Waals surface area contributed by atoms with E-state index in [1.54, 1.807) is 16.2 Å². The van der Waals surface area contributed by atoms with Gasteiger partial charge in [0, 0.05) is 23.2 Å². The number of fused-ring (bicyclic) bond motifs is 1. The Bertz CT molecular complexity index is 1180. The van der Waals surface area contributed by atoms with Gasteiger partial charge in [-0.05, 0) is 74.4 Å². The molecule has 0 unspecified atom stereocenters. The van der Waals surface area contributed by atoms with E-state index < -0.39 is 0 Å². The number of nitrogens with zero attached hydrogens (tertiary/aromatic N) is 2. The van der Waals surface area contributed by atoms with Crippen LogP contribution in [-0.2, 0) is 11.2 Å². The maximum atomic E-state index is 13.6. The first-order chi connectivity index (χ1) is 17.0. The number of rotatable bonds is 7. The Balaban J connectivity index is 1.29. The Kier molecular flexibility index (Phi) is 6.77. The fraction of sp³-hybridized carbons (Fsp3) is 0.357. The second-order valence-corrected chi connectivity index (χ2v) is 10.4. The Morgan fingerprint density at radius 1 is 1.03 bits per heavy atom. The number of carbonyl (C=O) groups excluding carboxylic acids is 2. The molecular formula is C28H31N3O3S. The molecule has 5 rings (SSSR count). The van der Waals surface area contributed by atoms with Gasteiger partial charge in [0.05, 0.1) is 6.04 Å². The first kappa shape index (κ1) is 23.4. The summed E-state index contributed by atoms with van der Waals surface area (Å²) in [5.74, 6) is 0.757. The van der Waals surface area contributed by atoms with Crippen molar-refractivity contribution in [1.29, 1.82) is 0 Å². The molecule has 2 heterocycles. The van der Waals surface area contributed by atoms with Gasteiger partial charge in [0.1, 0.15) is 18.9 Å². The van der Waals surface area contributed by atoms with Crippen molar-refractivity contribution in [3.8, 4) is 5.75 Å². The van der Waals surface area contributed by atoms with Gasteiger partial charge in [-0.3, -0.25) is 4.79 Å². The number of hydrogen-bond donors (Lipinski definition) is 1. The summed E-state index contributed by atoms with van der Waals surface area (Å²) in [4.78, 5) is 31.6. The van der Waals surface area contributed by atoms with Crippen molar-refractivity contribution in [2.45, 2.75) is 45.2 Å². The van der Waals surface area contributed by atoms with Crippen LogP contribution >= 0.6 is 11.3 Å². The zero-order valence-electron chi connectivity index (χ0n) is 20.2. The molecule has 1 saturated carbocycles. The molecule has 1 aliphatic heterocycles. The molecule has 0 radical (unpaired) electrons. The SMILES string of the molecule is Cc1ccc(NC(=O)N(CC(=O)N2CCc3sccc3[C@@H]2COc2ccc(C)cc2)C2CC2)cc1. The first-order valence-electron chi connectivity index (χ1n) is 12.2. The standard InChI is InChI=1S/C28H31N3O3S/c1-19-3-7-21(8-4-19)29-28(33)31(22-9-10-22)17-27(32)30-15-13-26-24(14-16-35-26)25(30)18-34-23-11-5-20(2)6-12-23/h3-8,11-12,14,16,22,25H,9-10,13,15,17-18H2,1-2H3,(H,29,33)/t25-/m0/s1. The molecule has 6 nitrogen and oxygen atoms in total.